The molecule has 0 aliphatic rings. The molecule has 0 bridgehead atoms. The maximum absolute atomic E-state index is 12.6. The van der Waals surface area contributed by atoms with Gasteiger partial charge in [0.15, 0.2) is 0 Å². The molecule has 3 rings (SSSR count). The molecule has 140 valence electrons. The number of aromatic nitrogens is 2. The van der Waals surface area contributed by atoms with Crippen molar-refractivity contribution in [2.45, 2.75) is 26.5 Å². The van der Waals surface area contributed by atoms with Crippen LogP contribution in [0.15, 0.2) is 57.5 Å². The first-order chi connectivity index (χ1) is 12.9. The number of nitrogens with zero attached hydrogens (tertiary/aromatic N) is 3. The number of hydrogen-bond donors (Lipinski definition) is 0. The first-order valence-electron chi connectivity index (χ1n) is 8.53. The molecule has 0 radical (unpaired) electrons. The summed E-state index contributed by atoms with van der Waals surface area (Å²) in [6.07, 6.45) is 0.0891. The van der Waals surface area contributed by atoms with Gasteiger partial charge in [-0.1, -0.05) is 33.2 Å². The molecule has 0 atom stereocenters. The van der Waals surface area contributed by atoms with Gasteiger partial charge in [0.25, 0.3) is 5.91 Å². The van der Waals surface area contributed by atoms with Gasteiger partial charge in [-0.15, -0.1) is 0 Å². The van der Waals surface area contributed by atoms with Crippen LogP contribution in [0.5, 0.6) is 5.75 Å². The van der Waals surface area contributed by atoms with Crippen LogP contribution in [0, 0.1) is 0 Å². The van der Waals surface area contributed by atoms with Gasteiger partial charge in [-0.3, -0.25) is 4.79 Å². The number of hydrogen-bond acceptors (Lipinski definition) is 5. The molecular formula is C20H20BrN3O3. The summed E-state index contributed by atoms with van der Waals surface area (Å²) in [7, 11) is 1.70. The molecule has 0 saturated heterocycles. The molecule has 2 aromatic carbocycles. The summed E-state index contributed by atoms with van der Waals surface area (Å²) < 4.78 is 11.8. The Morgan fingerprint density at radius 2 is 1.96 bits per heavy atom. The number of carbonyl (C=O) groups is 1. The first-order valence-corrected chi connectivity index (χ1v) is 9.32. The normalized spacial score (nSPS) is 10.9. The highest BCUT2D eigenvalue weighted by atomic mass is 79.9. The van der Waals surface area contributed by atoms with E-state index in [-0.39, 0.29) is 18.6 Å². The second-order valence-electron chi connectivity index (χ2n) is 6.37. The van der Waals surface area contributed by atoms with Gasteiger partial charge in [-0.25, -0.2) is 0 Å². The fourth-order valence-electron chi connectivity index (χ4n) is 2.51. The van der Waals surface area contributed by atoms with Crippen molar-refractivity contribution in [1.82, 2.24) is 15.0 Å². The highest BCUT2D eigenvalue weighted by Gasteiger charge is 2.16. The molecule has 7 heteroatoms. The smallest absolute Gasteiger partial charge is 0.254 e. The zero-order valence-electron chi connectivity index (χ0n) is 15.3. The molecule has 1 aromatic heterocycles. The van der Waals surface area contributed by atoms with Crippen LogP contribution in [0.4, 0.5) is 0 Å². The Morgan fingerprint density at radius 1 is 1.22 bits per heavy atom. The van der Waals surface area contributed by atoms with E-state index < -0.39 is 0 Å². The highest BCUT2D eigenvalue weighted by molar-refractivity contribution is 9.10. The van der Waals surface area contributed by atoms with Crippen LogP contribution in [0.25, 0.3) is 11.4 Å². The second-order valence-corrected chi connectivity index (χ2v) is 7.29. The largest absolute Gasteiger partial charge is 0.491 e. The van der Waals surface area contributed by atoms with E-state index in [1.807, 2.05) is 38.1 Å². The number of carbonyl (C=O) groups excluding carboxylic acids is 1. The van der Waals surface area contributed by atoms with Crippen molar-refractivity contribution < 1.29 is 14.1 Å². The fourth-order valence-corrected chi connectivity index (χ4v) is 2.91. The zero-order valence-corrected chi connectivity index (χ0v) is 16.9. The minimum absolute atomic E-state index is 0.0891. The Labute approximate surface area is 166 Å². The molecule has 3 aromatic rings. The van der Waals surface area contributed by atoms with E-state index in [0.29, 0.717) is 17.3 Å². The quantitative estimate of drug-likeness (QED) is 0.574. The number of rotatable bonds is 6. The van der Waals surface area contributed by atoms with E-state index in [1.54, 1.807) is 31.3 Å². The first kappa shape index (κ1) is 19.1. The SMILES string of the molecule is CC(C)Oc1ccc(C(=O)N(C)Cc2nc(-c3cccc(Br)c3)no2)cc1. The van der Waals surface area contributed by atoms with Crippen LogP contribution in [-0.2, 0) is 6.54 Å². The van der Waals surface area contributed by atoms with Crippen molar-refractivity contribution in [3.05, 3.63) is 64.5 Å². The minimum atomic E-state index is -0.131. The van der Waals surface area contributed by atoms with Crippen molar-refractivity contribution in [3.63, 3.8) is 0 Å². The Hall–Kier alpha value is -2.67. The molecule has 0 spiro atoms. The van der Waals surface area contributed by atoms with Crippen LogP contribution in [0.2, 0.25) is 0 Å². The van der Waals surface area contributed by atoms with Crippen molar-refractivity contribution in [2.24, 2.45) is 0 Å². The number of amides is 1. The van der Waals surface area contributed by atoms with Gasteiger partial charge < -0.3 is 14.2 Å². The van der Waals surface area contributed by atoms with Crippen LogP contribution in [-0.4, -0.2) is 34.1 Å². The average Bonchev–Trinajstić information content (AvgIpc) is 3.10. The number of benzene rings is 2. The molecule has 0 saturated carbocycles. The van der Waals surface area contributed by atoms with E-state index >= 15 is 0 Å². The van der Waals surface area contributed by atoms with E-state index in [9.17, 15) is 4.79 Å². The van der Waals surface area contributed by atoms with E-state index in [0.717, 1.165) is 15.8 Å². The lowest BCUT2D eigenvalue weighted by atomic mass is 10.2. The Balaban J connectivity index is 1.66. The molecule has 6 nitrogen and oxygen atoms in total. The lowest BCUT2D eigenvalue weighted by Gasteiger charge is -2.15. The van der Waals surface area contributed by atoms with Crippen molar-refractivity contribution >= 4 is 21.8 Å². The Kier molecular flexibility index (Phi) is 5.91. The monoisotopic (exact) mass is 429 g/mol. The summed E-state index contributed by atoms with van der Waals surface area (Å²) in [5, 5.41) is 3.99. The second kappa shape index (κ2) is 8.35. The van der Waals surface area contributed by atoms with E-state index in [1.165, 1.54) is 4.90 Å². The Bertz CT molecular complexity index is 922. The van der Waals surface area contributed by atoms with Crippen molar-refractivity contribution in [1.29, 1.82) is 0 Å². The summed E-state index contributed by atoms with van der Waals surface area (Å²) >= 11 is 3.42. The third kappa shape index (κ3) is 4.95. The number of halogens is 1. The molecule has 0 N–H and O–H groups in total. The molecular weight excluding hydrogens is 410 g/mol. The lowest BCUT2D eigenvalue weighted by molar-refractivity contribution is 0.0769. The molecule has 0 aliphatic carbocycles. The standard InChI is InChI=1S/C20H20BrN3O3/c1-13(2)26-17-9-7-14(8-10-17)20(25)24(3)12-18-22-19(23-27-18)15-5-4-6-16(21)11-15/h4-11,13H,12H2,1-3H3. The summed E-state index contributed by atoms with van der Waals surface area (Å²) in [4.78, 5) is 18.5. The van der Waals surface area contributed by atoms with Crippen molar-refractivity contribution in [3.8, 4) is 17.1 Å². The van der Waals surface area contributed by atoms with Crippen LogP contribution in [0.3, 0.4) is 0 Å². The van der Waals surface area contributed by atoms with Gasteiger partial charge in [0.2, 0.25) is 11.7 Å². The maximum atomic E-state index is 12.6. The molecule has 1 heterocycles. The molecule has 0 fully saturated rings. The van der Waals surface area contributed by atoms with Crippen LogP contribution in [0.1, 0.15) is 30.1 Å². The highest BCUT2D eigenvalue weighted by Crippen LogP contribution is 2.21. The van der Waals surface area contributed by atoms with Gasteiger partial charge in [0.05, 0.1) is 12.6 Å². The van der Waals surface area contributed by atoms with Crippen LogP contribution >= 0.6 is 15.9 Å². The van der Waals surface area contributed by atoms with Gasteiger partial charge in [-0.05, 0) is 50.2 Å². The molecule has 0 unspecified atom stereocenters. The zero-order chi connectivity index (χ0) is 19.4. The average molecular weight is 430 g/mol. The summed E-state index contributed by atoms with van der Waals surface area (Å²) in [5.74, 6) is 1.47. The predicted octanol–water partition coefficient (Wildman–Crippen LogP) is 4.56. The molecule has 0 aliphatic heterocycles. The summed E-state index contributed by atoms with van der Waals surface area (Å²) in [5.41, 5.74) is 1.41. The summed E-state index contributed by atoms with van der Waals surface area (Å²) in [6.45, 7) is 4.14. The van der Waals surface area contributed by atoms with E-state index in [4.69, 9.17) is 9.26 Å². The van der Waals surface area contributed by atoms with Gasteiger partial charge in [-0.2, -0.15) is 4.98 Å². The third-order valence-electron chi connectivity index (χ3n) is 3.74. The maximum Gasteiger partial charge on any atom is 0.254 e. The fraction of sp³-hybridized carbons (Fsp3) is 0.250. The van der Waals surface area contributed by atoms with Gasteiger partial charge in [0.1, 0.15) is 5.75 Å². The number of ether oxygens (including phenoxy) is 1. The van der Waals surface area contributed by atoms with Crippen molar-refractivity contribution in [2.75, 3.05) is 7.05 Å². The topological polar surface area (TPSA) is 68.5 Å². The van der Waals surface area contributed by atoms with E-state index in [2.05, 4.69) is 26.1 Å². The van der Waals surface area contributed by atoms with Gasteiger partial charge in [0, 0.05) is 22.6 Å². The minimum Gasteiger partial charge on any atom is -0.491 e. The third-order valence-corrected chi connectivity index (χ3v) is 4.24. The lowest BCUT2D eigenvalue weighted by Crippen LogP contribution is -2.26. The van der Waals surface area contributed by atoms with Crippen LogP contribution < -0.4 is 4.74 Å². The summed E-state index contributed by atoms with van der Waals surface area (Å²) in [6, 6.07) is 14.7. The Morgan fingerprint density at radius 3 is 2.63 bits per heavy atom. The molecule has 1 amide bonds. The predicted molar refractivity (Wildman–Crippen MR) is 105 cm³/mol. The molecule has 27 heavy (non-hydrogen) atoms. The van der Waals surface area contributed by atoms with Gasteiger partial charge >= 0.3 is 0 Å².